The van der Waals surface area contributed by atoms with Crippen LogP contribution in [0.2, 0.25) is 0 Å². The third-order valence-corrected chi connectivity index (χ3v) is 2.98. The second-order valence-electron chi connectivity index (χ2n) is 4.60. The molecule has 7 heteroatoms. The van der Waals surface area contributed by atoms with Crippen LogP contribution in [0.25, 0.3) is 0 Å². The van der Waals surface area contributed by atoms with Gasteiger partial charge in [-0.3, -0.25) is 9.59 Å². The molecule has 0 saturated heterocycles. The Bertz CT molecular complexity index is 824. The van der Waals surface area contributed by atoms with Gasteiger partial charge in [0.15, 0.2) is 17.1 Å². The number of aryl methyl sites for hydroxylation is 1. The monoisotopic (exact) mass is 303 g/mol. The predicted molar refractivity (Wildman–Crippen MR) is 74.0 cm³/mol. The second-order valence-corrected chi connectivity index (χ2v) is 4.60. The highest BCUT2D eigenvalue weighted by atomic mass is 19.2. The van der Waals surface area contributed by atoms with Crippen LogP contribution in [0.1, 0.15) is 27.7 Å². The van der Waals surface area contributed by atoms with Crippen LogP contribution < -0.4 is 10.7 Å². The first-order valence-corrected chi connectivity index (χ1v) is 6.27. The minimum atomic E-state index is -1.21. The zero-order valence-corrected chi connectivity index (χ0v) is 11.5. The number of aromatic nitrogens is 1. The first-order valence-electron chi connectivity index (χ1n) is 6.27. The van der Waals surface area contributed by atoms with E-state index in [4.69, 9.17) is 5.26 Å². The summed E-state index contributed by atoms with van der Waals surface area (Å²) in [6.45, 7) is 1.66. The number of nitriles is 1. The van der Waals surface area contributed by atoms with E-state index in [1.807, 2.05) is 0 Å². The molecule has 0 aliphatic rings. The van der Waals surface area contributed by atoms with Gasteiger partial charge in [0.05, 0.1) is 6.07 Å². The van der Waals surface area contributed by atoms with Crippen molar-refractivity contribution < 1.29 is 13.6 Å². The number of rotatable bonds is 3. The Morgan fingerprint density at radius 1 is 1.32 bits per heavy atom. The van der Waals surface area contributed by atoms with Gasteiger partial charge in [0.2, 0.25) is 0 Å². The number of hydrogen-bond acceptors (Lipinski definition) is 3. The van der Waals surface area contributed by atoms with E-state index < -0.39 is 29.0 Å². The number of nitrogens with zero attached hydrogens (tertiary/aromatic N) is 1. The highest BCUT2D eigenvalue weighted by molar-refractivity contribution is 5.94. The molecule has 1 aromatic heterocycles. The summed E-state index contributed by atoms with van der Waals surface area (Å²) >= 11 is 0. The Hall–Kier alpha value is -3.01. The van der Waals surface area contributed by atoms with Crippen molar-refractivity contribution in [3.05, 3.63) is 69.1 Å². The molecule has 0 fully saturated rings. The minimum absolute atomic E-state index is 0.0818. The van der Waals surface area contributed by atoms with E-state index in [-0.39, 0.29) is 11.1 Å². The van der Waals surface area contributed by atoms with Crippen LogP contribution in [0.15, 0.2) is 35.3 Å². The Kier molecular flexibility index (Phi) is 4.32. The average molecular weight is 303 g/mol. The van der Waals surface area contributed by atoms with Crippen molar-refractivity contribution in [3.63, 3.8) is 0 Å². The van der Waals surface area contributed by atoms with Gasteiger partial charge in [-0.25, -0.2) is 8.78 Å². The Balaban J connectivity index is 2.26. The normalized spacial score (nSPS) is 11.5. The van der Waals surface area contributed by atoms with Crippen LogP contribution >= 0.6 is 0 Å². The maximum absolute atomic E-state index is 13.2. The van der Waals surface area contributed by atoms with Gasteiger partial charge in [-0.2, -0.15) is 5.26 Å². The van der Waals surface area contributed by atoms with E-state index in [2.05, 4.69) is 10.3 Å². The van der Waals surface area contributed by atoms with Gasteiger partial charge in [0.1, 0.15) is 11.6 Å². The Morgan fingerprint density at radius 2 is 2.05 bits per heavy atom. The summed E-state index contributed by atoms with van der Waals surface area (Å²) in [6, 6.07) is 4.67. The standard InChI is InChI=1S/C15H11F2N3O2/c1-8-4-14(21)10(7-19-8)15(22)20-13(6-18)9-2-3-11(16)12(17)5-9/h2-5,7,13H,1H3,(H,19,21)(H,20,22)/t13-/m1/s1. The van der Waals surface area contributed by atoms with Gasteiger partial charge < -0.3 is 10.3 Å². The van der Waals surface area contributed by atoms with Crippen LogP contribution in [0, 0.1) is 29.9 Å². The number of pyridine rings is 1. The van der Waals surface area contributed by atoms with Gasteiger partial charge in [-0.05, 0) is 24.6 Å². The summed E-state index contributed by atoms with van der Waals surface area (Å²) in [4.78, 5) is 26.5. The van der Waals surface area contributed by atoms with Gasteiger partial charge in [-0.1, -0.05) is 6.07 Å². The SMILES string of the molecule is Cc1cc(=O)c(C(=O)N[C@H](C#N)c2ccc(F)c(F)c2)c[nH]1. The van der Waals surface area contributed by atoms with Crippen molar-refractivity contribution in [1.82, 2.24) is 10.3 Å². The van der Waals surface area contributed by atoms with Crippen LogP contribution in [0.4, 0.5) is 8.78 Å². The summed E-state index contributed by atoms with van der Waals surface area (Å²) in [5.74, 6) is -2.96. The number of carbonyl (C=O) groups is 1. The van der Waals surface area contributed by atoms with E-state index in [0.717, 1.165) is 12.1 Å². The third kappa shape index (κ3) is 3.17. The molecule has 0 aliphatic carbocycles. The first kappa shape index (κ1) is 15.4. The van der Waals surface area contributed by atoms with Gasteiger partial charge in [0, 0.05) is 18.0 Å². The molecule has 5 nitrogen and oxygen atoms in total. The lowest BCUT2D eigenvalue weighted by Crippen LogP contribution is -2.31. The zero-order chi connectivity index (χ0) is 16.3. The Morgan fingerprint density at radius 3 is 2.64 bits per heavy atom. The maximum atomic E-state index is 13.2. The lowest BCUT2D eigenvalue weighted by molar-refractivity contribution is 0.0943. The number of benzene rings is 1. The molecule has 0 unspecified atom stereocenters. The van der Waals surface area contributed by atoms with Gasteiger partial charge in [0.25, 0.3) is 5.91 Å². The molecule has 0 spiro atoms. The predicted octanol–water partition coefficient (Wildman–Crippen LogP) is 1.96. The number of amides is 1. The average Bonchev–Trinajstić information content (AvgIpc) is 2.47. The topological polar surface area (TPSA) is 85.8 Å². The molecule has 1 heterocycles. The summed E-state index contributed by atoms with van der Waals surface area (Å²) in [5.41, 5.74) is -0.0126. The number of carbonyl (C=O) groups excluding carboxylic acids is 1. The van der Waals surface area contributed by atoms with E-state index >= 15 is 0 Å². The van der Waals surface area contributed by atoms with Crippen molar-refractivity contribution in [2.24, 2.45) is 0 Å². The third-order valence-electron chi connectivity index (χ3n) is 2.98. The first-order chi connectivity index (χ1) is 10.4. The van der Waals surface area contributed by atoms with Crippen molar-refractivity contribution in [2.75, 3.05) is 0 Å². The van der Waals surface area contributed by atoms with Crippen molar-refractivity contribution in [2.45, 2.75) is 13.0 Å². The van der Waals surface area contributed by atoms with Gasteiger partial charge in [-0.15, -0.1) is 0 Å². The fourth-order valence-electron chi connectivity index (χ4n) is 1.84. The van der Waals surface area contributed by atoms with Gasteiger partial charge >= 0.3 is 0 Å². The molecule has 1 atom stereocenters. The molecule has 0 radical (unpaired) electrons. The van der Waals surface area contributed by atoms with Crippen molar-refractivity contribution in [1.29, 1.82) is 5.26 Å². The highest BCUT2D eigenvalue weighted by Gasteiger charge is 2.18. The number of halogens is 2. The lowest BCUT2D eigenvalue weighted by Gasteiger charge is -2.12. The molecular weight excluding hydrogens is 292 g/mol. The Labute approximate surface area is 124 Å². The summed E-state index contributed by atoms with van der Waals surface area (Å²) in [6.07, 6.45) is 1.23. The largest absolute Gasteiger partial charge is 0.364 e. The van der Waals surface area contributed by atoms with Crippen LogP contribution in [-0.2, 0) is 0 Å². The second kappa shape index (κ2) is 6.18. The molecule has 1 aromatic carbocycles. The maximum Gasteiger partial charge on any atom is 0.258 e. The van der Waals surface area contributed by atoms with Crippen molar-refractivity contribution in [3.8, 4) is 6.07 Å². The van der Waals surface area contributed by atoms with E-state index in [1.165, 1.54) is 18.3 Å². The molecule has 0 aliphatic heterocycles. The summed E-state index contributed by atoms with van der Waals surface area (Å²) in [7, 11) is 0. The van der Waals surface area contributed by atoms with Crippen LogP contribution in [0.3, 0.4) is 0 Å². The van der Waals surface area contributed by atoms with Crippen LogP contribution in [-0.4, -0.2) is 10.9 Å². The molecule has 22 heavy (non-hydrogen) atoms. The fourth-order valence-corrected chi connectivity index (χ4v) is 1.84. The number of aromatic amines is 1. The lowest BCUT2D eigenvalue weighted by atomic mass is 10.1. The molecule has 2 aromatic rings. The zero-order valence-electron chi connectivity index (χ0n) is 11.5. The number of hydrogen-bond donors (Lipinski definition) is 2. The number of nitrogens with one attached hydrogen (secondary N) is 2. The molecule has 1 amide bonds. The summed E-state index contributed by atoms with van der Waals surface area (Å²) in [5, 5.41) is 11.4. The quantitative estimate of drug-likeness (QED) is 0.908. The minimum Gasteiger partial charge on any atom is -0.364 e. The molecule has 2 N–H and O–H groups in total. The molecule has 0 saturated carbocycles. The van der Waals surface area contributed by atoms with E-state index in [9.17, 15) is 18.4 Å². The highest BCUT2D eigenvalue weighted by Crippen LogP contribution is 2.16. The number of H-pyrrole nitrogens is 1. The van der Waals surface area contributed by atoms with Crippen molar-refractivity contribution >= 4 is 5.91 Å². The smallest absolute Gasteiger partial charge is 0.258 e. The van der Waals surface area contributed by atoms with Crippen LogP contribution in [0.5, 0.6) is 0 Å². The fraction of sp³-hybridized carbons (Fsp3) is 0.133. The summed E-state index contributed by atoms with van der Waals surface area (Å²) < 4.78 is 26.1. The molecular formula is C15H11F2N3O2. The molecule has 2 rings (SSSR count). The molecule has 0 bridgehead atoms. The van der Waals surface area contributed by atoms with E-state index in [0.29, 0.717) is 5.69 Å². The molecule has 112 valence electrons. The van der Waals surface area contributed by atoms with E-state index in [1.54, 1.807) is 13.0 Å².